The maximum absolute atomic E-state index is 8.91. The number of hydrogen-bond acceptors (Lipinski definition) is 2. The van der Waals surface area contributed by atoms with Crippen molar-refractivity contribution in [2.45, 2.75) is 45.2 Å². The summed E-state index contributed by atoms with van der Waals surface area (Å²) >= 11 is 0. The second kappa shape index (κ2) is 4.98. The summed E-state index contributed by atoms with van der Waals surface area (Å²) in [6.07, 6.45) is 3.21. The van der Waals surface area contributed by atoms with Crippen LogP contribution in [0.3, 0.4) is 0 Å². The number of nitrogens with one attached hydrogen (secondary N) is 1. The van der Waals surface area contributed by atoms with Gasteiger partial charge in [-0.05, 0) is 49.8 Å². The Morgan fingerprint density at radius 3 is 3.06 bits per heavy atom. The number of fused-ring (bicyclic) bond motifs is 1. The third-order valence-electron chi connectivity index (χ3n) is 3.55. The van der Waals surface area contributed by atoms with Crippen molar-refractivity contribution < 1.29 is 5.11 Å². The van der Waals surface area contributed by atoms with Crippen molar-refractivity contribution in [2.75, 3.05) is 6.61 Å². The molecule has 2 nitrogen and oxygen atoms in total. The molecule has 16 heavy (non-hydrogen) atoms. The van der Waals surface area contributed by atoms with E-state index in [4.69, 9.17) is 5.11 Å². The highest BCUT2D eigenvalue weighted by Crippen LogP contribution is 2.33. The van der Waals surface area contributed by atoms with Crippen LogP contribution in [0.25, 0.3) is 0 Å². The summed E-state index contributed by atoms with van der Waals surface area (Å²) in [4.78, 5) is 0. The summed E-state index contributed by atoms with van der Waals surface area (Å²) in [5, 5.41) is 12.5. The molecule has 0 amide bonds. The van der Waals surface area contributed by atoms with E-state index in [1.165, 1.54) is 29.5 Å². The largest absolute Gasteiger partial charge is 0.396 e. The van der Waals surface area contributed by atoms with Crippen molar-refractivity contribution in [3.8, 4) is 0 Å². The van der Waals surface area contributed by atoms with Crippen LogP contribution in [-0.4, -0.2) is 17.8 Å². The molecule has 0 heterocycles. The molecule has 0 aromatic heterocycles. The molecule has 1 aromatic carbocycles. The quantitative estimate of drug-likeness (QED) is 0.814. The highest BCUT2D eigenvalue weighted by molar-refractivity contribution is 5.40. The molecule has 0 bridgehead atoms. The fourth-order valence-electron chi connectivity index (χ4n) is 2.63. The lowest BCUT2D eigenvalue weighted by Gasteiger charge is -2.19. The van der Waals surface area contributed by atoms with Crippen LogP contribution in [-0.2, 0) is 6.42 Å². The van der Waals surface area contributed by atoms with E-state index in [9.17, 15) is 0 Å². The SMILES string of the molecule is Cc1cccc2c1CCC2NC(C)CCO. The molecule has 2 unspecified atom stereocenters. The van der Waals surface area contributed by atoms with Crippen LogP contribution in [0.2, 0.25) is 0 Å². The molecule has 1 aliphatic carbocycles. The molecule has 0 radical (unpaired) electrons. The van der Waals surface area contributed by atoms with Gasteiger partial charge in [-0.15, -0.1) is 0 Å². The van der Waals surface area contributed by atoms with E-state index in [-0.39, 0.29) is 6.61 Å². The molecule has 88 valence electrons. The summed E-state index contributed by atoms with van der Waals surface area (Å²) in [6, 6.07) is 7.44. The highest BCUT2D eigenvalue weighted by Gasteiger charge is 2.24. The minimum absolute atomic E-state index is 0.265. The number of rotatable bonds is 4. The van der Waals surface area contributed by atoms with Crippen LogP contribution in [0.5, 0.6) is 0 Å². The van der Waals surface area contributed by atoms with E-state index < -0.39 is 0 Å². The first-order valence-electron chi connectivity index (χ1n) is 6.17. The fourth-order valence-corrected chi connectivity index (χ4v) is 2.63. The van der Waals surface area contributed by atoms with E-state index in [1.807, 2.05) is 0 Å². The average Bonchev–Trinajstić information content (AvgIpc) is 2.64. The van der Waals surface area contributed by atoms with Crippen LogP contribution in [0.4, 0.5) is 0 Å². The van der Waals surface area contributed by atoms with E-state index in [1.54, 1.807) is 0 Å². The van der Waals surface area contributed by atoms with E-state index >= 15 is 0 Å². The van der Waals surface area contributed by atoms with Crippen LogP contribution < -0.4 is 5.32 Å². The minimum Gasteiger partial charge on any atom is -0.396 e. The van der Waals surface area contributed by atoms with Gasteiger partial charge in [0.25, 0.3) is 0 Å². The standard InChI is InChI=1S/C14H21NO/c1-10-4-3-5-13-12(10)6-7-14(13)15-11(2)8-9-16/h3-5,11,14-16H,6-9H2,1-2H3. The smallest absolute Gasteiger partial charge is 0.0445 e. The molecule has 1 aromatic rings. The number of benzene rings is 1. The number of hydrogen-bond donors (Lipinski definition) is 2. The average molecular weight is 219 g/mol. The lowest BCUT2D eigenvalue weighted by molar-refractivity contribution is 0.263. The van der Waals surface area contributed by atoms with Gasteiger partial charge in [0, 0.05) is 18.7 Å². The van der Waals surface area contributed by atoms with Crippen molar-refractivity contribution in [3.05, 3.63) is 34.9 Å². The lowest BCUT2D eigenvalue weighted by Crippen LogP contribution is -2.30. The van der Waals surface area contributed by atoms with Crippen molar-refractivity contribution in [1.29, 1.82) is 0 Å². The number of aliphatic hydroxyl groups excluding tert-OH is 1. The Bertz CT molecular complexity index is 362. The molecular formula is C14H21NO. The van der Waals surface area contributed by atoms with Gasteiger partial charge in [-0.25, -0.2) is 0 Å². The van der Waals surface area contributed by atoms with Crippen molar-refractivity contribution in [2.24, 2.45) is 0 Å². The number of aliphatic hydroxyl groups is 1. The van der Waals surface area contributed by atoms with Gasteiger partial charge in [0.2, 0.25) is 0 Å². The topological polar surface area (TPSA) is 32.3 Å². The Morgan fingerprint density at radius 1 is 1.50 bits per heavy atom. The Balaban J connectivity index is 2.09. The zero-order chi connectivity index (χ0) is 11.5. The van der Waals surface area contributed by atoms with Gasteiger partial charge >= 0.3 is 0 Å². The Labute approximate surface area is 97.7 Å². The highest BCUT2D eigenvalue weighted by atomic mass is 16.3. The van der Waals surface area contributed by atoms with Crippen LogP contribution in [0.1, 0.15) is 42.5 Å². The van der Waals surface area contributed by atoms with E-state index in [0.29, 0.717) is 12.1 Å². The van der Waals surface area contributed by atoms with Gasteiger partial charge in [-0.1, -0.05) is 18.2 Å². The molecule has 0 aliphatic heterocycles. The molecule has 1 aliphatic rings. The lowest BCUT2D eigenvalue weighted by atomic mass is 10.0. The Hall–Kier alpha value is -0.860. The normalized spacial score (nSPS) is 20.8. The summed E-state index contributed by atoms with van der Waals surface area (Å²) in [5.41, 5.74) is 4.40. The van der Waals surface area contributed by atoms with Gasteiger partial charge in [-0.2, -0.15) is 0 Å². The van der Waals surface area contributed by atoms with Crippen LogP contribution >= 0.6 is 0 Å². The second-order valence-corrected chi connectivity index (χ2v) is 4.81. The molecule has 2 heteroatoms. The molecule has 0 fully saturated rings. The third kappa shape index (κ3) is 2.28. The van der Waals surface area contributed by atoms with Gasteiger partial charge in [0.05, 0.1) is 0 Å². The zero-order valence-electron chi connectivity index (χ0n) is 10.2. The first kappa shape index (κ1) is 11.6. The first-order valence-corrected chi connectivity index (χ1v) is 6.17. The zero-order valence-corrected chi connectivity index (χ0v) is 10.2. The maximum Gasteiger partial charge on any atom is 0.0445 e. The number of aryl methyl sites for hydroxylation is 1. The predicted molar refractivity (Wildman–Crippen MR) is 66.5 cm³/mol. The fraction of sp³-hybridized carbons (Fsp3) is 0.571. The first-order chi connectivity index (χ1) is 7.72. The summed E-state index contributed by atoms with van der Waals surface area (Å²) < 4.78 is 0. The monoisotopic (exact) mass is 219 g/mol. The minimum atomic E-state index is 0.265. The molecule has 2 N–H and O–H groups in total. The van der Waals surface area contributed by atoms with E-state index in [0.717, 1.165) is 6.42 Å². The summed E-state index contributed by atoms with van der Waals surface area (Å²) in [6.45, 7) is 4.60. The van der Waals surface area contributed by atoms with Gasteiger partial charge in [0.15, 0.2) is 0 Å². The Kier molecular flexibility index (Phi) is 3.62. The summed E-state index contributed by atoms with van der Waals surface area (Å²) in [7, 11) is 0. The molecule has 0 saturated carbocycles. The molecular weight excluding hydrogens is 198 g/mol. The van der Waals surface area contributed by atoms with Crippen LogP contribution in [0, 0.1) is 6.92 Å². The van der Waals surface area contributed by atoms with Crippen LogP contribution in [0.15, 0.2) is 18.2 Å². The van der Waals surface area contributed by atoms with E-state index in [2.05, 4.69) is 37.4 Å². The predicted octanol–water partition coefficient (Wildman–Crippen LogP) is 2.34. The van der Waals surface area contributed by atoms with Gasteiger partial charge < -0.3 is 10.4 Å². The summed E-state index contributed by atoms with van der Waals surface area (Å²) in [5.74, 6) is 0. The van der Waals surface area contributed by atoms with Crippen molar-refractivity contribution in [1.82, 2.24) is 5.32 Å². The Morgan fingerprint density at radius 2 is 2.31 bits per heavy atom. The van der Waals surface area contributed by atoms with Gasteiger partial charge in [0.1, 0.15) is 0 Å². The molecule has 0 spiro atoms. The van der Waals surface area contributed by atoms with Crippen molar-refractivity contribution >= 4 is 0 Å². The third-order valence-corrected chi connectivity index (χ3v) is 3.55. The maximum atomic E-state index is 8.91. The van der Waals surface area contributed by atoms with Gasteiger partial charge in [-0.3, -0.25) is 0 Å². The molecule has 0 saturated heterocycles. The second-order valence-electron chi connectivity index (χ2n) is 4.81. The van der Waals surface area contributed by atoms with Crippen molar-refractivity contribution in [3.63, 3.8) is 0 Å². The molecule has 2 atom stereocenters. The molecule has 2 rings (SSSR count).